The van der Waals surface area contributed by atoms with Crippen molar-refractivity contribution in [3.8, 4) is 0 Å². The lowest BCUT2D eigenvalue weighted by atomic mass is 10.4. The van der Waals surface area contributed by atoms with Crippen LogP contribution in [-0.2, 0) is 54.2 Å². The minimum atomic E-state index is -4.67. The highest BCUT2D eigenvalue weighted by Crippen LogP contribution is 2.48. The van der Waals surface area contributed by atoms with Crippen LogP contribution in [0.4, 0.5) is 15.4 Å². The fraction of sp³-hybridized carbons (Fsp3) is 0.632. The minimum Gasteiger partial charge on any atom is -0.432 e. The maximum atomic E-state index is 13.1. The van der Waals surface area contributed by atoms with E-state index in [-0.39, 0.29) is 12.4 Å². The van der Waals surface area contributed by atoms with Gasteiger partial charge in [-0.2, -0.15) is 8.42 Å². The SMILES string of the molecule is CC(C)OC(=O)OCOP(=O)(CO[C@H](C)Cn1cnc2c(N)ncnc21)OCOC(=O)OC(C)C.O=S(=O)(O)O. The van der Waals surface area contributed by atoms with E-state index in [9.17, 15) is 14.2 Å². The lowest BCUT2D eigenvalue weighted by molar-refractivity contribution is -0.0369. The molecule has 4 N–H and O–H groups in total. The molecule has 0 aliphatic carbocycles. The fourth-order valence-corrected chi connectivity index (χ4v) is 3.54. The van der Waals surface area contributed by atoms with Crippen molar-refractivity contribution in [3.63, 3.8) is 0 Å². The zero-order chi connectivity index (χ0) is 30.5. The van der Waals surface area contributed by atoms with E-state index in [1.54, 1.807) is 39.2 Å². The van der Waals surface area contributed by atoms with Crippen molar-refractivity contribution < 1.29 is 64.4 Å². The third kappa shape index (κ3) is 14.9. The van der Waals surface area contributed by atoms with Crippen molar-refractivity contribution in [1.82, 2.24) is 19.5 Å². The van der Waals surface area contributed by atoms with Crippen LogP contribution in [0.15, 0.2) is 12.7 Å². The quantitative estimate of drug-likeness (QED) is 0.126. The number of nitrogens with zero attached hydrogens (tertiary/aromatic N) is 4. The van der Waals surface area contributed by atoms with Crippen LogP contribution in [0.2, 0.25) is 0 Å². The van der Waals surface area contributed by atoms with E-state index in [2.05, 4.69) is 15.0 Å². The van der Waals surface area contributed by atoms with Crippen LogP contribution >= 0.6 is 7.60 Å². The number of nitrogen functional groups attached to an aromatic ring is 1. The van der Waals surface area contributed by atoms with Gasteiger partial charge in [-0.15, -0.1) is 0 Å². The van der Waals surface area contributed by atoms with Crippen molar-refractivity contribution in [3.05, 3.63) is 12.7 Å². The van der Waals surface area contributed by atoms with E-state index in [1.165, 1.54) is 12.7 Å². The first kappa shape index (κ1) is 34.9. The maximum Gasteiger partial charge on any atom is 0.510 e. The Morgan fingerprint density at radius 3 is 1.95 bits per heavy atom. The van der Waals surface area contributed by atoms with Crippen LogP contribution in [0.1, 0.15) is 34.6 Å². The normalized spacial score (nSPS) is 12.5. The van der Waals surface area contributed by atoms with E-state index < -0.39 is 68.6 Å². The maximum absolute atomic E-state index is 13.1. The number of imidazole rings is 1. The third-order valence-electron chi connectivity index (χ3n) is 3.92. The molecule has 0 saturated carbocycles. The summed E-state index contributed by atoms with van der Waals surface area (Å²) < 4.78 is 81.2. The lowest BCUT2D eigenvalue weighted by Gasteiger charge is -2.21. The smallest absolute Gasteiger partial charge is 0.432 e. The molecule has 40 heavy (non-hydrogen) atoms. The Bertz CT molecular complexity index is 1220. The number of carbonyl (C=O) groups excluding carboxylic acids is 2. The van der Waals surface area contributed by atoms with E-state index >= 15 is 0 Å². The Morgan fingerprint density at radius 2 is 1.48 bits per heavy atom. The van der Waals surface area contributed by atoms with Crippen molar-refractivity contribution in [2.24, 2.45) is 0 Å². The largest absolute Gasteiger partial charge is 0.510 e. The number of carbonyl (C=O) groups is 2. The highest BCUT2D eigenvalue weighted by atomic mass is 32.3. The monoisotopic (exact) mass is 617 g/mol. The number of ether oxygens (including phenoxy) is 5. The van der Waals surface area contributed by atoms with Gasteiger partial charge in [-0.3, -0.25) is 22.7 Å². The second-order valence-electron chi connectivity index (χ2n) is 8.11. The number of fused-ring (bicyclic) bond motifs is 1. The predicted molar refractivity (Wildman–Crippen MR) is 134 cm³/mol. The first-order chi connectivity index (χ1) is 18.5. The number of aromatic nitrogens is 4. The molecule has 0 aromatic carbocycles. The van der Waals surface area contributed by atoms with Crippen molar-refractivity contribution >= 4 is 47.3 Å². The molecule has 0 bridgehead atoms. The number of rotatable bonds is 13. The third-order valence-corrected chi connectivity index (χ3v) is 5.38. The number of anilines is 1. The van der Waals surface area contributed by atoms with Crippen molar-refractivity contribution in [2.75, 3.05) is 25.7 Å². The topological polar surface area (TPSA) is 260 Å². The summed E-state index contributed by atoms with van der Waals surface area (Å²) in [6.45, 7) is 6.98. The van der Waals surface area contributed by atoms with Crippen LogP contribution in [-0.4, -0.2) is 87.6 Å². The molecule has 0 fully saturated rings. The van der Waals surface area contributed by atoms with Crippen LogP contribution < -0.4 is 5.73 Å². The first-order valence-electron chi connectivity index (χ1n) is 11.3. The fourth-order valence-electron chi connectivity index (χ4n) is 2.45. The zero-order valence-corrected chi connectivity index (χ0v) is 23.9. The molecule has 2 aromatic heterocycles. The minimum absolute atomic E-state index is 0.237. The van der Waals surface area contributed by atoms with Gasteiger partial charge in [-0.05, 0) is 34.6 Å². The van der Waals surface area contributed by atoms with Gasteiger partial charge in [-0.1, -0.05) is 0 Å². The van der Waals surface area contributed by atoms with Crippen LogP contribution in [0, 0.1) is 0 Å². The molecular formula is C19H32N5O14PS. The molecule has 0 amide bonds. The van der Waals surface area contributed by atoms with Gasteiger partial charge in [-0.25, -0.2) is 24.5 Å². The van der Waals surface area contributed by atoms with Crippen LogP contribution in [0.3, 0.4) is 0 Å². The molecule has 2 heterocycles. The van der Waals surface area contributed by atoms with E-state index in [0.29, 0.717) is 11.2 Å². The summed E-state index contributed by atoms with van der Waals surface area (Å²) in [7, 11) is -8.72. The molecule has 0 spiro atoms. The summed E-state index contributed by atoms with van der Waals surface area (Å²) >= 11 is 0. The molecule has 2 rings (SSSR count). The van der Waals surface area contributed by atoms with Gasteiger partial charge in [0.2, 0.25) is 13.6 Å². The second kappa shape index (κ2) is 16.2. The second-order valence-corrected chi connectivity index (χ2v) is 11.0. The van der Waals surface area contributed by atoms with Crippen molar-refractivity contribution in [2.45, 2.75) is 59.5 Å². The van der Waals surface area contributed by atoms with Gasteiger partial charge >= 0.3 is 30.3 Å². The number of hydrogen-bond donors (Lipinski definition) is 3. The summed E-state index contributed by atoms with van der Waals surface area (Å²) in [5.74, 6) is 0.237. The summed E-state index contributed by atoms with van der Waals surface area (Å²) in [4.78, 5) is 35.2. The summed E-state index contributed by atoms with van der Waals surface area (Å²) in [5, 5.41) is 0. The Morgan fingerprint density at radius 1 is 0.975 bits per heavy atom. The molecule has 0 saturated heterocycles. The Kier molecular flexibility index (Phi) is 14.1. The first-order valence-corrected chi connectivity index (χ1v) is 14.4. The molecule has 21 heteroatoms. The number of nitrogens with two attached hydrogens (primary N) is 1. The summed E-state index contributed by atoms with van der Waals surface area (Å²) in [6.07, 6.45) is -1.14. The average Bonchev–Trinajstić information content (AvgIpc) is 3.20. The predicted octanol–water partition coefficient (Wildman–Crippen LogP) is 2.38. The Balaban J connectivity index is 0.00000146. The molecule has 1 atom stereocenters. The van der Waals surface area contributed by atoms with E-state index in [4.69, 9.17) is 56.0 Å². The molecule has 19 nitrogen and oxygen atoms in total. The average molecular weight is 618 g/mol. The van der Waals surface area contributed by atoms with Gasteiger partial charge in [0.05, 0.1) is 31.2 Å². The molecule has 228 valence electrons. The van der Waals surface area contributed by atoms with Gasteiger partial charge in [0, 0.05) is 0 Å². The van der Waals surface area contributed by atoms with Crippen molar-refractivity contribution in [1.29, 1.82) is 0 Å². The van der Waals surface area contributed by atoms with Gasteiger partial charge in [0.1, 0.15) is 18.2 Å². The molecule has 0 unspecified atom stereocenters. The van der Waals surface area contributed by atoms with Gasteiger partial charge in [0.15, 0.2) is 11.5 Å². The number of hydrogen-bond acceptors (Lipinski definition) is 16. The van der Waals surface area contributed by atoms with Gasteiger partial charge in [0.25, 0.3) is 0 Å². The molecule has 0 aliphatic rings. The Labute approximate surface area is 229 Å². The molecule has 0 radical (unpaired) electrons. The van der Waals surface area contributed by atoms with Gasteiger partial charge < -0.3 is 34.0 Å². The highest BCUT2D eigenvalue weighted by molar-refractivity contribution is 7.79. The Hall–Kier alpha value is -3.13. The van der Waals surface area contributed by atoms with E-state index in [1.807, 2.05) is 0 Å². The molecule has 2 aromatic rings. The van der Waals surface area contributed by atoms with Crippen LogP contribution in [0.5, 0.6) is 0 Å². The molecule has 0 aliphatic heterocycles. The summed E-state index contributed by atoms with van der Waals surface area (Å²) in [5.41, 5.74) is 6.72. The summed E-state index contributed by atoms with van der Waals surface area (Å²) in [6, 6.07) is 0. The highest BCUT2D eigenvalue weighted by Gasteiger charge is 2.29. The van der Waals surface area contributed by atoms with Crippen LogP contribution in [0.25, 0.3) is 11.2 Å². The zero-order valence-electron chi connectivity index (χ0n) is 22.2. The lowest BCUT2D eigenvalue weighted by Crippen LogP contribution is -2.20. The standard InChI is InChI=1S/C19H30N5O10P.H2O4S/c1-12(2)33-18(25)28-9-31-35(27,32-10-29-19(26)34-13(3)4)11-30-14(5)6-24-8-23-15-16(20)21-7-22-17(15)24;1-5(2,3)4/h7-8,12-14H,6,9-11H2,1-5H3,(H2,20,21,22);(H2,1,2,3,4)/t14-;/m1./s1. The van der Waals surface area contributed by atoms with E-state index in [0.717, 1.165) is 0 Å². The molecular weight excluding hydrogens is 585 g/mol.